The monoisotopic (exact) mass is 320 g/mol. The maximum atomic E-state index is 11.6. The summed E-state index contributed by atoms with van der Waals surface area (Å²) in [6.45, 7) is 1.39. The van der Waals surface area contributed by atoms with Crippen molar-refractivity contribution in [3.8, 4) is 0 Å². The van der Waals surface area contributed by atoms with Gasteiger partial charge in [0.2, 0.25) is 5.91 Å². The van der Waals surface area contributed by atoms with E-state index in [1.807, 2.05) is 24.3 Å². The van der Waals surface area contributed by atoms with E-state index in [1.165, 1.54) is 0 Å². The first-order valence-corrected chi connectivity index (χ1v) is 6.23. The molecule has 0 bridgehead atoms. The molecule has 5 heteroatoms. The minimum Gasteiger partial charge on any atom is -0.356 e. The first kappa shape index (κ1) is 16.4. The second-order valence-corrected chi connectivity index (χ2v) is 4.47. The first-order chi connectivity index (χ1) is 7.74. The Morgan fingerprint density at radius 3 is 2.65 bits per heavy atom. The molecule has 1 aromatic rings. The van der Waals surface area contributed by atoms with Crippen LogP contribution in [0, 0.1) is 0 Å². The second-order valence-electron chi connectivity index (χ2n) is 3.61. The summed E-state index contributed by atoms with van der Waals surface area (Å²) in [6, 6.07) is 7.76. The van der Waals surface area contributed by atoms with Crippen molar-refractivity contribution < 1.29 is 4.79 Å². The van der Waals surface area contributed by atoms with Gasteiger partial charge in [-0.2, -0.15) is 0 Å². The summed E-state index contributed by atoms with van der Waals surface area (Å²) in [5, 5.41) is 2.88. The fraction of sp³-hybridized carbons (Fsp3) is 0.417. The number of carbonyl (C=O) groups excluding carboxylic acids is 1. The van der Waals surface area contributed by atoms with E-state index < -0.39 is 0 Å². The third kappa shape index (κ3) is 6.66. The number of halogens is 2. The predicted molar refractivity (Wildman–Crippen MR) is 76.4 cm³/mol. The van der Waals surface area contributed by atoms with Crippen LogP contribution in [0.25, 0.3) is 0 Å². The van der Waals surface area contributed by atoms with E-state index in [0.717, 1.165) is 22.9 Å². The topological polar surface area (TPSA) is 55.1 Å². The SMILES string of the molecule is Cl.NCCCCNC(=O)Cc1ccccc1Br. The number of carbonyl (C=O) groups is 1. The minimum atomic E-state index is 0. The number of hydrogen-bond donors (Lipinski definition) is 2. The molecule has 0 aliphatic rings. The Bertz CT molecular complexity index is 347. The maximum Gasteiger partial charge on any atom is 0.224 e. The Labute approximate surface area is 117 Å². The molecule has 0 atom stereocenters. The maximum absolute atomic E-state index is 11.6. The molecular formula is C12H18BrClN2O. The van der Waals surface area contributed by atoms with Crippen LogP contribution in [0.15, 0.2) is 28.7 Å². The normalized spacial score (nSPS) is 9.53. The van der Waals surface area contributed by atoms with E-state index >= 15 is 0 Å². The van der Waals surface area contributed by atoms with Crippen molar-refractivity contribution in [2.45, 2.75) is 19.3 Å². The Morgan fingerprint density at radius 2 is 2.00 bits per heavy atom. The summed E-state index contributed by atoms with van der Waals surface area (Å²) >= 11 is 3.42. The number of hydrogen-bond acceptors (Lipinski definition) is 2. The third-order valence-corrected chi connectivity index (χ3v) is 3.04. The highest BCUT2D eigenvalue weighted by Gasteiger charge is 2.05. The largest absolute Gasteiger partial charge is 0.356 e. The molecule has 0 unspecified atom stereocenters. The molecule has 0 heterocycles. The molecule has 0 spiro atoms. The lowest BCUT2D eigenvalue weighted by molar-refractivity contribution is -0.120. The van der Waals surface area contributed by atoms with Crippen molar-refractivity contribution in [1.82, 2.24) is 5.32 Å². The van der Waals surface area contributed by atoms with E-state index in [0.29, 0.717) is 19.5 Å². The number of unbranched alkanes of at least 4 members (excludes halogenated alkanes) is 1. The van der Waals surface area contributed by atoms with Crippen LogP contribution in [0.3, 0.4) is 0 Å². The summed E-state index contributed by atoms with van der Waals surface area (Å²) in [4.78, 5) is 11.6. The highest BCUT2D eigenvalue weighted by atomic mass is 79.9. The lowest BCUT2D eigenvalue weighted by Crippen LogP contribution is -2.26. The first-order valence-electron chi connectivity index (χ1n) is 5.44. The number of rotatable bonds is 6. The van der Waals surface area contributed by atoms with Crippen molar-refractivity contribution in [2.24, 2.45) is 5.73 Å². The summed E-state index contributed by atoms with van der Waals surface area (Å²) in [6.07, 6.45) is 2.32. The molecule has 1 amide bonds. The predicted octanol–water partition coefficient (Wildman–Crippen LogP) is 2.27. The van der Waals surface area contributed by atoms with Crippen LogP contribution in [0.4, 0.5) is 0 Å². The summed E-state index contributed by atoms with van der Waals surface area (Å²) in [7, 11) is 0. The van der Waals surface area contributed by atoms with Gasteiger partial charge in [0.1, 0.15) is 0 Å². The van der Waals surface area contributed by atoms with Gasteiger partial charge in [-0.15, -0.1) is 12.4 Å². The van der Waals surface area contributed by atoms with Gasteiger partial charge in [0, 0.05) is 11.0 Å². The average Bonchev–Trinajstić information content (AvgIpc) is 2.28. The third-order valence-electron chi connectivity index (χ3n) is 2.26. The van der Waals surface area contributed by atoms with E-state index in [9.17, 15) is 4.79 Å². The fourth-order valence-electron chi connectivity index (χ4n) is 1.37. The number of amides is 1. The fourth-order valence-corrected chi connectivity index (χ4v) is 1.80. The molecule has 0 aliphatic carbocycles. The van der Waals surface area contributed by atoms with Gasteiger partial charge in [-0.1, -0.05) is 34.1 Å². The average molecular weight is 322 g/mol. The molecule has 0 fully saturated rings. The number of nitrogens with one attached hydrogen (secondary N) is 1. The van der Waals surface area contributed by atoms with Crippen LogP contribution < -0.4 is 11.1 Å². The van der Waals surface area contributed by atoms with Gasteiger partial charge in [0.25, 0.3) is 0 Å². The zero-order chi connectivity index (χ0) is 11.8. The zero-order valence-corrected chi connectivity index (χ0v) is 12.0. The van der Waals surface area contributed by atoms with Gasteiger partial charge in [-0.05, 0) is 31.0 Å². The van der Waals surface area contributed by atoms with Gasteiger partial charge in [0.05, 0.1) is 6.42 Å². The van der Waals surface area contributed by atoms with Crippen LogP contribution in [0.5, 0.6) is 0 Å². The molecule has 1 rings (SSSR count). The van der Waals surface area contributed by atoms with Crippen LogP contribution in [-0.4, -0.2) is 19.0 Å². The van der Waals surface area contributed by atoms with Crippen LogP contribution in [0.1, 0.15) is 18.4 Å². The van der Waals surface area contributed by atoms with E-state index in [4.69, 9.17) is 5.73 Å². The Morgan fingerprint density at radius 1 is 1.29 bits per heavy atom. The standard InChI is InChI=1S/C12H17BrN2O.ClH/c13-11-6-2-1-5-10(11)9-12(16)15-8-4-3-7-14;/h1-2,5-6H,3-4,7-9,14H2,(H,15,16);1H. The van der Waals surface area contributed by atoms with Gasteiger partial charge in [-0.25, -0.2) is 0 Å². The Hall–Kier alpha value is -0.580. The van der Waals surface area contributed by atoms with E-state index in [1.54, 1.807) is 0 Å². The minimum absolute atomic E-state index is 0. The smallest absolute Gasteiger partial charge is 0.224 e. The van der Waals surface area contributed by atoms with E-state index in [2.05, 4.69) is 21.2 Å². The van der Waals surface area contributed by atoms with Gasteiger partial charge < -0.3 is 11.1 Å². The van der Waals surface area contributed by atoms with Crippen molar-refractivity contribution in [3.05, 3.63) is 34.3 Å². The van der Waals surface area contributed by atoms with Crippen molar-refractivity contribution in [2.75, 3.05) is 13.1 Å². The lowest BCUT2D eigenvalue weighted by Gasteiger charge is -2.06. The van der Waals surface area contributed by atoms with Gasteiger partial charge in [-0.3, -0.25) is 4.79 Å². The highest BCUT2D eigenvalue weighted by Crippen LogP contribution is 2.15. The van der Waals surface area contributed by atoms with Crippen LogP contribution >= 0.6 is 28.3 Å². The lowest BCUT2D eigenvalue weighted by atomic mass is 10.1. The van der Waals surface area contributed by atoms with Gasteiger partial charge >= 0.3 is 0 Å². The van der Waals surface area contributed by atoms with Crippen molar-refractivity contribution in [3.63, 3.8) is 0 Å². The molecule has 0 saturated carbocycles. The number of benzene rings is 1. The molecule has 17 heavy (non-hydrogen) atoms. The molecule has 0 aliphatic heterocycles. The summed E-state index contributed by atoms with van der Waals surface area (Å²) in [5.41, 5.74) is 6.38. The van der Waals surface area contributed by atoms with Crippen molar-refractivity contribution >= 4 is 34.2 Å². The highest BCUT2D eigenvalue weighted by molar-refractivity contribution is 9.10. The Kier molecular flexibility index (Phi) is 9.13. The second kappa shape index (κ2) is 9.45. The molecule has 3 N–H and O–H groups in total. The van der Waals surface area contributed by atoms with Crippen LogP contribution in [-0.2, 0) is 11.2 Å². The molecular weight excluding hydrogens is 304 g/mol. The van der Waals surface area contributed by atoms with Crippen molar-refractivity contribution in [1.29, 1.82) is 0 Å². The molecule has 0 aromatic heterocycles. The molecule has 1 aromatic carbocycles. The Balaban J connectivity index is 0.00000256. The molecule has 3 nitrogen and oxygen atoms in total. The van der Waals surface area contributed by atoms with Crippen LogP contribution in [0.2, 0.25) is 0 Å². The zero-order valence-electron chi connectivity index (χ0n) is 9.62. The molecule has 0 radical (unpaired) electrons. The van der Waals surface area contributed by atoms with Gasteiger partial charge in [0.15, 0.2) is 0 Å². The quantitative estimate of drug-likeness (QED) is 0.790. The summed E-state index contributed by atoms with van der Waals surface area (Å²) in [5.74, 6) is 0.0592. The molecule has 96 valence electrons. The number of nitrogens with two attached hydrogens (primary N) is 1. The summed E-state index contributed by atoms with van der Waals surface area (Å²) < 4.78 is 0.979. The van der Waals surface area contributed by atoms with E-state index in [-0.39, 0.29) is 18.3 Å². The molecule has 0 saturated heterocycles.